The second-order valence-electron chi connectivity index (χ2n) is 3.88. The van der Waals surface area contributed by atoms with Gasteiger partial charge in [-0.15, -0.1) is 0 Å². The number of methoxy groups -OCH3 is 1. The molecule has 0 aliphatic carbocycles. The van der Waals surface area contributed by atoms with Crippen LogP contribution in [0.3, 0.4) is 0 Å². The number of aromatic nitrogens is 1. The van der Waals surface area contributed by atoms with Gasteiger partial charge in [0.05, 0.1) is 0 Å². The van der Waals surface area contributed by atoms with Gasteiger partial charge < -0.3 is 9.30 Å². The van der Waals surface area contributed by atoms with E-state index in [4.69, 9.17) is 4.74 Å². The van der Waals surface area contributed by atoms with Crippen LogP contribution in [0, 0.1) is 0 Å². The Morgan fingerprint density at radius 2 is 1.88 bits per heavy atom. The Morgan fingerprint density at radius 1 is 1.18 bits per heavy atom. The molecule has 0 atom stereocenters. The highest BCUT2D eigenvalue weighted by atomic mass is 16.5. The zero-order chi connectivity index (χ0) is 12.7. The summed E-state index contributed by atoms with van der Waals surface area (Å²) in [6.45, 7) is 4.84. The smallest absolute Gasteiger partial charge is 0.0480 e. The fraction of sp³-hybridized carbons (Fsp3) is 0.467. The first-order chi connectivity index (χ1) is 8.33. The van der Waals surface area contributed by atoms with Crippen LogP contribution < -0.4 is 0 Å². The zero-order valence-corrected chi connectivity index (χ0v) is 11.4. The van der Waals surface area contributed by atoms with Crippen LogP contribution in [-0.4, -0.2) is 18.3 Å². The van der Waals surface area contributed by atoms with Crippen LogP contribution in [0.1, 0.15) is 25.8 Å². The van der Waals surface area contributed by atoms with E-state index in [1.165, 1.54) is 16.5 Å². The maximum Gasteiger partial charge on any atom is 0.0480 e. The Hall–Kier alpha value is -1.28. The summed E-state index contributed by atoms with van der Waals surface area (Å²) in [5, 5.41) is 1.37. The van der Waals surface area contributed by atoms with Gasteiger partial charge in [-0.05, 0) is 24.5 Å². The van der Waals surface area contributed by atoms with E-state index in [0.29, 0.717) is 0 Å². The normalized spacial score (nSPS) is 10.1. The first kappa shape index (κ1) is 13.8. The molecule has 0 spiro atoms. The Labute approximate surface area is 104 Å². The van der Waals surface area contributed by atoms with Crippen molar-refractivity contribution in [1.82, 2.24) is 4.57 Å². The summed E-state index contributed by atoms with van der Waals surface area (Å²) in [7, 11) is 3.85. The van der Waals surface area contributed by atoms with Gasteiger partial charge in [0.2, 0.25) is 0 Å². The highest BCUT2D eigenvalue weighted by Crippen LogP contribution is 2.21. The van der Waals surface area contributed by atoms with Crippen molar-refractivity contribution in [1.29, 1.82) is 0 Å². The maximum absolute atomic E-state index is 5.08. The number of aryl methyl sites for hydroxylation is 2. The highest BCUT2D eigenvalue weighted by molar-refractivity contribution is 5.83. The molecule has 1 heterocycles. The molecule has 2 rings (SSSR count). The fourth-order valence-electron chi connectivity index (χ4n) is 2.03. The van der Waals surface area contributed by atoms with E-state index in [1.807, 2.05) is 13.8 Å². The number of hydrogen-bond donors (Lipinski definition) is 0. The molecular weight excluding hydrogens is 210 g/mol. The predicted octanol–water partition coefficient (Wildman–Crippen LogP) is 3.78. The summed E-state index contributed by atoms with van der Waals surface area (Å²) in [6.07, 6.45) is 4.40. The van der Waals surface area contributed by atoms with Crippen molar-refractivity contribution in [2.75, 3.05) is 13.7 Å². The number of nitrogens with zero attached hydrogens (tertiary/aromatic N) is 1. The molecule has 2 heteroatoms. The minimum Gasteiger partial charge on any atom is -0.385 e. The van der Waals surface area contributed by atoms with Gasteiger partial charge in [0, 0.05) is 37.9 Å². The molecule has 1 aromatic carbocycles. The van der Waals surface area contributed by atoms with Gasteiger partial charge in [-0.2, -0.15) is 0 Å². The lowest BCUT2D eigenvalue weighted by molar-refractivity contribution is 0.195. The van der Waals surface area contributed by atoms with Crippen LogP contribution >= 0.6 is 0 Å². The van der Waals surface area contributed by atoms with E-state index in [-0.39, 0.29) is 0 Å². The van der Waals surface area contributed by atoms with E-state index in [9.17, 15) is 0 Å². The molecule has 2 nitrogen and oxygen atoms in total. The van der Waals surface area contributed by atoms with E-state index >= 15 is 0 Å². The van der Waals surface area contributed by atoms with Gasteiger partial charge in [-0.3, -0.25) is 0 Å². The summed E-state index contributed by atoms with van der Waals surface area (Å²) in [5.74, 6) is 0. The second-order valence-corrected chi connectivity index (χ2v) is 3.88. The van der Waals surface area contributed by atoms with Gasteiger partial charge in [-0.1, -0.05) is 32.0 Å². The Balaban J connectivity index is 0.000000686. The average Bonchev–Trinajstić information content (AvgIpc) is 2.70. The molecule has 1 aromatic heterocycles. The molecule has 0 N–H and O–H groups in total. The first-order valence-electron chi connectivity index (χ1n) is 6.35. The molecule has 94 valence electrons. The van der Waals surface area contributed by atoms with Crippen LogP contribution in [0.25, 0.3) is 10.9 Å². The Morgan fingerprint density at radius 3 is 2.59 bits per heavy atom. The molecule has 17 heavy (non-hydrogen) atoms. The van der Waals surface area contributed by atoms with Gasteiger partial charge in [0.25, 0.3) is 0 Å². The number of hydrogen-bond acceptors (Lipinski definition) is 1. The molecule has 0 amide bonds. The van der Waals surface area contributed by atoms with Crippen molar-refractivity contribution in [2.24, 2.45) is 7.05 Å². The van der Waals surface area contributed by atoms with Crippen LogP contribution in [-0.2, 0) is 18.2 Å². The van der Waals surface area contributed by atoms with E-state index in [2.05, 4.69) is 42.1 Å². The SMILES string of the molecule is CC.COCCCc1cn(C)c2ccccc12. The van der Waals surface area contributed by atoms with Gasteiger partial charge in [0.1, 0.15) is 0 Å². The second kappa shape index (κ2) is 7.13. The third-order valence-corrected chi connectivity index (χ3v) is 2.77. The molecule has 0 fully saturated rings. The van der Waals surface area contributed by atoms with Crippen molar-refractivity contribution in [3.63, 3.8) is 0 Å². The lowest BCUT2D eigenvalue weighted by Gasteiger charge is -1.98. The van der Waals surface area contributed by atoms with Crippen molar-refractivity contribution >= 4 is 10.9 Å². The number of ether oxygens (including phenoxy) is 1. The molecule has 0 saturated carbocycles. The fourth-order valence-corrected chi connectivity index (χ4v) is 2.03. The Kier molecular flexibility index (Phi) is 5.78. The van der Waals surface area contributed by atoms with E-state index in [1.54, 1.807) is 7.11 Å². The predicted molar refractivity (Wildman–Crippen MR) is 74.5 cm³/mol. The van der Waals surface area contributed by atoms with Crippen molar-refractivity contribution in [3.8, 4) is 0 Å². The van der Waals surface area contributed by atoms with E-state index < -0.39 is 0 Å². The summed E-state index contributed by atoms with van der Waals surface area (Å²) in [4.78, 5) is 0. The number of benzene rings is 1. The van der Waals surface area contributed by atoms with Gasteiger partial charge in [-0.25, -0.2) is 0 Å². The zero-order valence-electron chi connectivity index (χ0n) is 11.4. The number of para-hydroxylation sites is 1. The van der Waals surface area contributed by atoms with Gasteiger partial charge >= 0.3 is 0 Å². The molecule has 0 aliphatic rings. The monoisotopic (exact) mass is 233 g/mol. The molecule has 0 bridgehead atoms. The van der Waals surface area contributed by atoms with Crippen LogP contribution in [0.4, 0.5) is 0 Å². The van der Waals surface area contributed by atoms with Crippen molar-refractivity contribution in [3.05, 3.63) is 36.0 Å². The third kappa shape index (κ3) is 3.34. The lowest BCUT2D eigenvalue weighted by atomic mass is 10.1. The summed E-state index contributed by atoms with van der Waals surface area (Å²) >= 11 is 0. The third-order valence-electron chi connectivity index (χ3n) is 2.77. The van der Waals surface area contributed by atoms with Crippen LogP contribution in [0.2, 0.25) is 0 Å². The standard InChI is InChI=1S/C13H17NO.C2H6/c1-14-10-11(6-5-9-15-2)12-7-3-4-8-13(12)14;1-2/h3-4,7-8,10H,5-6,9H2,1-2H3;1-2H3. The van der Waals surface area contributed by atoms with Crippen LogP contribution in [0.5, 0.6) is 0 Å². The van der Waals surface area contributed by atoms with Crippen molar-refractivity contribution in [2.45, 2.75) is 26.7 Å². The number of fused-ring (bicyclic) bond motifs is 1. The summed E-state index contributed by atoms with van der Waals surface area (Å²) in [6, 6.07) is 8.54. The van der Waals surface area contributed by atoms with Gasteiger partial charge in [0.15, 0.2) is 0 Å². The van der Waals surface area contributed by atoms with E-state index in [0.717, 1.165) is 19.4 Å². The topological polar surface area (TPSA) is 14.2 Å². The maximum atomic E-state index is 5.08. The largest absolute Gasteiger partial charge is 0.385 e. The molecular formula is C15H23NO. The first-order valence-corrected chi connectivity index (χ1v) is 6.35. The quantitative estimate of drug-likeness (QED) is 0.733. The van der Waals surface area contributed by atoms with Crippen molar-refractivity contribution < 1.29 is 4.74 Å². The minimum atomic E-state index is 0.837. The summed E-state index contributed by atoms with van der Waals surface area (Å²) in [5.41, 5.74) is 2.73. The lowest BCUT2D eigenvalue weighted by Crippen LogP contribution is -1.91. The number of rotatable bonds is 4. The molecule has 0 radical (unpaired) electrons. The van der Waals surface area contributed by atoms with Crippen LogP contribution in [0.15, 0.2) is 30.5 Å². The Bertz CT molecular complexity index is 445. The molecule has 0 unspecified atom stereocenters. The minimum absolute atomic E-state index is 0.837. The highest BCUT2D eigenvalue weighted by Gasteiger charge is 2.04. The molecule has 2 aromatic rings. The average molecular weight is 233 g/mol. The molecule has 0 saturated heterocycles. The molecule has 0 aliphatic heterocycles. The summed E-state index contributed by atoms with van der Waals surface area (Å²) < 4.78 is 7.27.